The van der Waals surface area contributed by atoms with Gasteiger partial charge in [-0.05, 0) is 60.3 Å². The van der Waals surface area contributed by atoms with E-state index in [-0.39, 0.29) is 17.5 Å². The van der Waals surface area contributed by atoms with E-state index >= 15 is 0 Å². The van der Waals surface area contributed by atoms with Gasteiger partial charge < -0.3 is 20.1 Å². The van der Waals surface area contributed by atoms with Crippen molar-refractivity contribution in [2.24, 2.45) is 11.8 Å². The van der Waals surface area contributed by atoms with Crippen LogP contribution >= 0.6 is 11.3 Å². The van der Waals surface area contributed by atoms with E-state index in [0.29, 0.717) is 9.88 Å². The van der Waals surface area contributed by atoms with Crippen LogP contribution in [0.15, 0.2) is 0 Å². The molecule has 0 fully saturated rings. The third kappa shape index (κ3) is 8.76. The number of hydrogen-bond donors (Lipinski definition) is 2. The summed E-state index contributed by atoms with van der Waals surface area (Å²) in [5, 5.41) is 6.22. The number of aryl methyl sites for hydroxylation is 1. The maximum Gasteiger partial charge on any atom is 0.408 e. The minimum absolute atomic E-state index is 0.0224. The van der Waals surface area contributed by atoms with Gasteiger partial charge in [-0.25, -0.2) is 14.6 Å². The van der Waals surface area contributed by atoms with Crippen LogP contribution in [0.25, 0.3) is 0 Å². The summed E-state index contributed by atoms with van der Waals surface area (Å²) in [5.41, 5.74) is -1.05. The lowest BCUT2D eigenvalue weighted by Crippen LogP contribution is -2.47. The Morgan fingerprint density at radius 2 is 1.41 bits per heavy atom. The first-order chi connectivity index (χ1) is 14.4. The van der Waals surface area contributed by atoms with Crippen LogP contribution < -0.4 is 10.6 Å². The van der Waals surface area contributed by atoms with Gasteiger partial charge >= 0.3 is 12.1 Å². The first-order valence-corrected chi connectivity index (χ1v) is 11.7. The molecule has 2 N–H and O–H groups in total. The van der Waals surface area contributed by atoms with Gasteiger partial charge in [-0.3, -0.25) is 4.79 Å². The standard InChI is InChI=1S/C23H39N3O5S/c1-12(2)15(26-21(29)31-23(9,10)11)19-25-17(14(5)32-19)18(27)24-16(13(3)4)20(28)30-22(6,7)8/h12-13,15-16H,1-11H3,(H,24,27)(H,26,29)/t15-,16-/m0/s1. The highest BCUT2D eigenvalue weighted by Crippen LogP contribution is 2.29. The number of ether oxygens (including phenoxy) is 2. The Morgan fingerprint density at radius 1 is 0.875 bits per heavy atom. The number of aromatic nitrogens is 1. The van der Waals surface area contributed by atoms with Crippen molar-refractivity contribution >= 4 is 29.3 Å². The Kier molecular flexibility index (Phi) is 9.27. The number of nitrogens with zero attached hydrogens (tertiary/aromatic N) is 1. The number of carbonyl (C=O) groups excluding carboxylic acids is 3. The maximum absolute atomic E-state index is 13.0. The highest BCUT2D eigenvalue weighted by atomic mass is 32.1. The molecule has 0 aliphatic rings. The Labute approximate surface area is 195 Å². The number of esters is 1. The lowest BCUT2D eigenvalue weighted by Gasteiger charge is -2.26. The summed E-state index contributed by atoms with van der Waals surface area (Å²) in [6.45, 7) is 20.1. The van der Waals surface area contributed by atoms with Gasteiger partial charge in [-0.2, -0.15) is 0 Å². The number of thiazole rings is 1. The molecule has 0 saturated heterocycles. The van der Waals surface area contributed by atoms with Crippen molar-refractivity contribution in [2.75, 3.05) is 0 Å². The molecule has 0 aliphatic carbocycles. The van der Waals surface area contributed by atoms with E-state index in [9.17, 15) is 14.4 Å². The fraction of sp³-hybridized carbons (Fsp3) is 0.739. The van der Waals surface area contributed by atoms with Crippen LogP contribution in [-0.2, 0) is 14.3 Å². The van der Waals surface area contributed by atoms with Crippen molar-refractivity contribution in [1.82, 2.24) is 15.6 Å². The van der Waals surface area contributed by atoms with Gasteiger partial charge in [0.25, 0.3) is 5.91 Å². The molecule has 0 radical (unpaired) electrons. The summed E-state index contributed by atoms with van der Waals surface area (Å²) in [4.78, 5) is 43.1. The van der Waals surface area contributed by atoms with E-state index in [1.807, 2.05) is 27.7 Å². The van der Waals surface area contributed by atoms with Gasteiger partial charge in [0, 0.05) is 4.88 Å². The summed E-state index contributed by atoms with van der Waals surface area (Å²) in [7, 11) is 0. The Balaban J connectivity index is 3.07. The van der Waals surface area contributed by atoms with Crippen LogP contribution in [0.5, 0.6) is 0 Å². The van der Waals surface area contributed by atoms with Gasteiger partial charge in [0.1, 0.15) is 27.9 Å². The number of nitrogens with one attached hydrogen (secondary N) is 2. The minimum atomic E-state index is -0.799. The van der Waals surface area contributed by atoms with Crippen molar-refractivity contribution in [1.29, 1.82) is 0 Å². The van der Waals surface area contributed by atoms with E-state index in [2.05, 4.69) is 15.6 Å². The number of amides is 2. The number of hydrogen-bond acceptors (Lipinski definition) is 7. The molecule has 0 bridgehead atoms. The van der Waals surface area contributed by atoms with Gasteiger partial charge in [0.05, 0.1) is 6.04 Å². The van der Waals surface area contributed by atoms with Gasteiger partial charge in [0.15, 0.2) is 0 Å². The summed E-state index contributed by atoms with van der Waals surface area (Å²) >= 11 is 1.33. The summed E-state index contributed by atoms with van der Waals surface area (Å²) in [6.07, 6.45) is -0.542. The quantitative estimate of drug-likeness (QED) is 0.557. The lowest BCUT2D eigenvalue weighted by molar-refractivity contribution is -0.158. The molecule has 1 aromatic heterocycles. The first kappa shape index (κ1) is 27.9. The number of carbonyl (C=O) groups is 3. The molecule has 2 atom stereocenters. The van der Waals surface area contributed by atoms with E-state index in [0.717, 1.165) is 0 Å². The molecule has 0 unspecified atom stereocenters. The molecule has 0 saturated carbocycles. The summed E-state index contributed by atoms with van der Waals surface area (Å²) in [5.74, 6) is -1.08. The van der Waals surface area contributed by atoms with Crippen molar-refractivity contribution in [3.05, 3.63) is 15.6 Å². The average Bonchev–Trinajstić information content (AvgIpc) is 2.95. The van der Waals surface area contributed by atoms with Crippen LogP contribution in [0.4, 0.5) is 4.79 Å². The molecule has 9 heteroatoms. The molecular weight excluding hydrogens is 430 g/mol. The molecular formula is C23H39N3O5S. The molecule has 8 nitrogen and oxygen atoms in total. The Hall–Kier alpha value is -2.16. The summed E-state index contributed by atoms with van der Waals surface area (Å²) in [6, 6.07) is -1.21. The minimum Gasteiger partial charge on any atom is -0.458 e. The fourth-order valence-electron chi connectivity index (χ4n) is 2.78. The van der Waals surface area contributed by atoms with Crippen molar-refractivity contribution < 1.29 is 23.9 Å². The monoisotopic (exact) mass is 469 g/mol. The normalized spacial score (nSPS) is 14.2. The Morgan fingerprint density at radius 3 is 1.84 bits per heavy atom. The zero-order valence-electron chi connectivity index (χ0n) is 21.2. The van der Waals surface area contributed by atoms with Crippen LogP contribution in [0, 0.1) is 18.8 Å². The van der Waals surface area contributed by atoms with E-state index in [4.69, 9.17) is 9.47 Å². The maximum atomic E-state index is 13.0. The van der Waals surface area contributed by atoms with Gasteiger partial charge in [0.2, 0.25) is 0 Å². The second-order valence-electron chi connectivity index (χ2n) is 10.6. The van der Waals surface area contributed by atoms with Crippen LogP contribution in [0.3, 0.4) is 0 Å². The molecule has 0 spiro atoms. The van der Waals surface area contributed by atoms with E-state index in [1.165, 1.54) is 11.3 Å². The average molecular weight is 470 g/mol. The van der Waals surface area contributed by atoms with E-state index in [1.54, 1.807) is 48.5 Å². The third-order valence-electron chi connectivity index (χ3n) is 4.25. The molecule has 0 aliphatic heterocycles. The predicted octanol–water partition coefficient (Wildman–Crippen LogP) is 4.77. The SMILES string of the molecule is Cc1sc([C@@H](NC(=O)OC(C)(C)C)C(C)C)nc1C(=O)N[C@H](C(=O)OC(C)(C)C)C(C)C. The molecule has 2 amide bonds. The molecule has 1 rings (SSSR count). The Bertz CT molecular complexity index is 819. The van der Waals surface area contributed by atoms with Crippen LogP contribution in [0.2, 0.25) is 0 Å². The molecule has 182 valence electrons. The van der Waals surface area contributed by atoms with Gasteiger partial charge in [-0.1, -0.05) is 27.7 Å². The van der Waals surface area contributed by atoms with Gasteiger partial charge in [-0.15, -0.1) is 11.3 Å². The van der Waals surface area contributed by atoms with Crippen molar-refractivity contribution in [2.45, 2.75) is 99.4 Å². The van der Waals surface area contributed by atoms with E-state index < -0.39 is 41.3 Å². The fourth-order valence-corrected chi connectivity index (χ4v) is 3.93. The van der Waals surface area contributed by atoms with Crippen molar-refractivity contribution in [3.8, 4) is 0 Å². The van der Waals surface area contributed by atoms with Crippen LogP contribution in [0.1, 0.15) is 95.7 Å². The number of alkyl carbamates (subject to hydrolysis) is 1. The third-order valence-corrected chi connectivity index (χ3v) is 5.30. The second-order valence-corrected chi connectivity index (χ2v) is 11.8. The lowest BCUT2D eigenvalue weighted by atomic mass is 10.0. The topological polar surface area (TPSA) is 107 Å². The number of rotatable bonds is 7. The first-order valence-electron chi connectivity index (χ1n) is 10.9. The van der Waals surface area contributed by atoms with Crippen LogP contribution in [-0.4, -0.2) is 40.2 Å². The molecule has 0 aromatic carbocycles. The van der Waals surface area contributed by atoms with Crippen molar-refractivity contribution in [3.63, 3.8) is 0 Å². The molecule has 1 heterocycles. The largest absolute Gasteiger partial charge is 0.458 e. The highest BCUT2D eigenvalue weighted by Gasteiger charge is 2.32. The smallest absolute Gasteiger partial charge is 0.408 e. The zero-order chi connectivity index (χ0) is 25.0. The zero-order valence-corrected chi connectivity index (χ0v) is 22.0. The summed E-state index contributed by atoms with van der Waals surface area (Å²) < 4.78 is 10.8. The predicted molar refractivity (Wildman–Crippen MR) is 126 cm³/mol. The highest BCUT2D eigenvalue weighted by molar-refractivity contribution is 7.12. The second kappa shape index (κ2) is 10.6. The molecule has 32 heavy (non-hydrogen) atoms. The molecule has 1 aromatic rings.